The third-order valence-corrected chi connectivity index (χ3v) is 10.4. The Kier molecular flexibility index (Phi) is 38.6. The molecule has 0 bridgehead atoms. The molecule has 0 saturated heterocycles. The van der Waals surface area contributed by atoms with Crippen LogP contribution in [0, 0.1) is 0 Å². The van der Waals surface area contributed by atoms with Gasteiger partial charge < -0.3 is 14.5 Å². The molecule has 284 valence electrons. The lowest BCUT2D eigenvalue weighted by molar-refractivity contribution is -0.0348. The Bertz CT molecular complexity index is 517. The first-order chi connectivity index (χ1) is 23.0. The average Bonchev–Trinajstić information content (AvgIpc) is 3.05. The first-order valence-corrected chi connectivity index (χ1v) is 21.9. The molecule has 0 N–H and O–H groups in total. The van der Waals surface area contributed by atoms with Gasteiger partial charge in [0.1, 0.15) is 0 Å². The van der Waals surface area contributed by atoms with E-state index in [9.17, 15) is 0 Å². The van der Waals surface area contributed by atoms with Crippen molar-refractivity contribution in [1.82, 2.24) is 9.80 Å². The van der Waals surface area contributed by atoms with Crippen LogP contribution in [0.3, 0.4) is 0 Å². The molecule has 0 radical (unpaired) electrons. The molecular formula is C44H92N2O. The fourth-order valence-electron chi connectivity index (χ4n) is 7.12. The summed E-state index contributed by atoms with van der Waals surface area (Å²) >= 11 is 0. The number of ether oxygens (including phenoxy) is 1. The topological polar surface area (TPSA) is 15.7 Å². The van der Waals surface area contributed by atoms with E-state index >= 15 is 0 Å². The van der Waals surface area contributed by atoms with Crippen LogP contribution in [0.15, 0.2) is 0 Å². The standard InChI is InChI=1S/C44H92N2O/c1-7-9-11-13-15-17-19-21-23-25-27-29-31-33-35-37-43(39-41-45(3)4)47-44(40-42-46(5)6)38-36-34-32-30-28-26-24-22-20-18-16-14-12-10-8-2/h43-44H,7-42H2,1-6H3. The van der Waals surface area contributed by atoms with Crippen molar-refractivity contribution in [2.75, 3.05) is 41.3 Å². The molecule has 0 aromatic heterocycles. The van der Waals surface area contributed by atoms with Gasteiger partial charge in [-0.05, 0) is 67.0 Å². The lowest BCUT2D eigenvalue weighted by Crippen LogP contribution is -2.29. The zero-order valence-electron chi connectivity index (χ0n) is 33.9. The van der Waals surface area contributed by atoms with Gasteiger partial charge in [0.25, 0.3) is 0 Å². The second kappa shape index (κ2) is 38.7. The van der Waals surface area contributed by atoms with Crippen LogP contribution in [0.2, 0.25) is 0 Å². The van der Waals surface area contributed by atoms with Crippen LogP contribution in [0.1, 0.15) is 232 Å². The van der Waals surface area contributed by atoms with E-state index in [0.29, 0.717) is 12.2 Å². The minimum Gasteiger partial charge on any atom is -0.375 e. The van der Waals surface area contributed by atoms with Crippen molar-refractivity contribution < 1.29 is 4.74 Å². The highest BCUT2D eigenvalue weighted by Crippen LogP contribution is 2.21. The molecule has 2 unspecified atom stereocenters. The van der Waals surface area contributed by atoms with Gasteiger partial charge in [-0.2, -0.15) is 0 Å². The molecule has 47 heavy (non-hydrogen) atoms. The van der Waals surface area contributed by atoms with Gasteiger partial charge in [-0.3, -0.25) is 0 Å². The average molecular weight is 665 g/mol. The summed E-state index contributed by atoms with van der Waals surface area (Å²) < 4.78 is 6.94. The van der Waals surface area contributed by atoms with E-state index in [-0.39, 0.29) is 0 Å². The quantitative estimate of drug-likeness (QED) is 0.0606. The smallest absolute Gasteiger partial charge is 0.0591 e. The third-order valence-electron chi connectivity index (χ3n) is 10.4. The van der Waals surface area contributed by atoms with Gasteiger partial charge in [0.05, 0.1) is 12.2 Å². The van der Waals surface area contributed by atoms with Gasteiger partial charge in [0.2, 0.25) is 0 Å². The minimum atomic E-state index is 0.433. The highest BCUT2D eigenvalue weighted by molar-refractivity contribution is 4.68. The van der Waals surface area contributed by atoms with Crippen LogP contribution < -0.4 is 0 Å². The Labute approximate surface area is 299 Å². The van der Waals surface area contributed by atoms with E-state index in [1.165, 1.54) is 218 Å². The number of rotatable bonds is 40. The van der Waals surface area contributed by atoms with E-state index in [0.717, 1.165) is 13.1 Å². The van der Waals surface area contributed by atoms with Gasteiger partial charge in [-0.25, -0.2) is 0 Å². The SMILES string of the molecule is CCCCCCCCCCCCCCCCCC(CCN(C)C)OC(CCCCCCCCCCCCCCCCC)CCN(C)C. The summed E-state index contributed by atoms with van der Waals surface area (Å²) in [5.41, 5.74) is 0. The van der Waals surface area contributed by atoms with Crippen LogP contribution in [-0.4, -0.2) is 63.3 Å². The Morgan fingerprint density at radius 3 is 0.723 bits per heavy atom. The molecule has 0 amide bonds. The summed E-state index contributed by atoms with van der Waals surface area (Å²) in [7, 11) is 8.85. The predicted octanol–water partition coefficient (Wildman–Crippen LogP) is 14.2. The summed E-state index contributed by atoms with van der Waals surface area (Å²) in [5, 5.41) is 0. The molecule has 0 rings (SSSR count). The van der Waals surface area contributed by atoms with Crippen molar-refractivity contribution >= 4 is 0 Å². The van der Waals surface area contributed by atoms with Crippen LogP contribution in [-0.2, 0) is 4.74 Å². The second-order valence-electron chi connectivity index (χ2n) is 16.0. The van der Waals surface area contributed by atoms with E-state index < -0.39 is 0 Å². The number of unbranched alkanes of at least 4 members (excludes halogenated alkanes) is 28. The van der Waals surface area contributed by atoms with Crippen LogP contribution in [0.25, 0.3) is 0 Å². The summed E-state index contributed by atoms with van der Waals surface area (Å²) in [6.07, 6.45) is 48.8. The molecule has 0 heterocycles. The largest absolute Gasteiger partial charge is 0.375 e. The third kappa shape index (κ3) is 38.5. The molecule has 0 fully saturated rings. The Hall–Kier alpha value is -0.120. The maximum absolute atomic E-state index is 6.94. The zero-order valence-corrected chi connectivity index (χ0v) is 33.9. The highest BCUT2D eigenvalue weighted by Gasteiger charge is 2.17. The first-order valence-electron chi connectivity index (χ1n) is 21.9. The number of hydrogen-bond donors (Lipinski definition) is 0. The van der Waals surface area contributed by atoms with Crippen LogP contribution in [0.4, 0.5) is 0 Å². The molecule has 0 aliphatic rings. The molecular weight excluding hydrogens is 572 g/mol. The lowest BCUT2D eigenvalue weighted by atomic mass is 10.0. The molecule has 0 aliphatic heterocycles. The normalized spacial score (nSPS) is 13.3. The second-order valence-corrected chi connectivity index (χ2v) is 16.0. The lowest BCUT2D eigenvalue weighted by Gasteiger charge is -2.27. The Morgan fingerprint density at radius 1 is 0.298 bits per heavy atom. The van der Waals surface area contributed by atoms with Crippen molar-refractivity contribution in [3.63, 3.8) is 0 Å². The van der Waals surface area contributed by atoms with Crippen LogP contribution >= 0.6 is 0 Å². The first kappa shape index (κ1) is 46.9. The molecule has 0 aromatic rings. The van der Waals surface area contributed by atoms with Gasteiger partial charge >= 0.3 is 0 Å². The molecule has 0 spiro atoms. The Balaban J connectivity index is 4.10. The van der Waals surface area contributed by atoms with Crippen molar-refractivity contribution in [2.24, 2.45) is 0 Å². The fourth-order valence-corrected chi connectivity index (χ4v) is 7.12. The van der Waals surface area contributed by atoms with E-state index in [1.54, 1.807) is 0 Å². The highest BCUT2D eigenvalue weighted by atomic mass is 16.5. The molecule has 3 heteroatoms. The molecule has 0 saturated carbocycles. The van der Waals surface area contributed by atoms with Crippen molar-refractivity contribution in [3.05, 3.63) is 0 Å². The molecule has 2 atom stereocenters. The van der Waals surface area contributed by atoms with Gasteiger partial charge in [-0.1, -0.05) is 206 Å². The maximum atomic E-state index is 6.94. The molecule has 3 nitrogen and oxygen atoms in total. The maximum Gasteiger partial charge on any atom is 0.0591 e. The van der Waals surface area contributed by atoms with Crippen molar-refractivity contribution in [3.8, 4) is 0 Å². The monoisotopic (exact) mass is 665 g/mol. The zero-order chi connectivity index (χ0) is 34.5. The summed E-state index contributed by atoms with van der Waals surface area (Å²) in [5.74, 6) is 0. The predicted molar refractivity (Wildman–Crippen MR) is 214 cm³/mol. The summed E-state index contributed by atoms with van der Waals surface area (Å²) in [4.78, 5) is 4.68. The van der Waals surface area contributed by atoms with Gasteiger partial charge in [0, 0.05) is 0 Å². The van der Waals surface area contributed by atoms with Gasteiger partial charge in [-0.15, -0.1) is 0 Å². The van der Waals surface area contributed by atoms with Crippen molar-refractivity contribution in [2.45, 2.75) is 244 Å². The van der Waals surface area contributed by atoms with E-state index in [1.807, 2.05) is 0 Å². The molecule has 0 aromatic carbocycles. The molecule has 0 aliphatic carbocycles. The van der Waals surface area contributed by atoms with E-state index in [4.69, 9.17) is 4.74 Å². The summed E-state index contributed by atoms with van der Waals surface area (Å²) in [6, 6.07) is 0. The number of nitrogens with zero attached hydrogens (tertiary/aromatic N) is 2. The van der Waals surface area contributed by atoms with Crippen LogP contribution in [0.5, 0.6) is 0 Å². The van der Waals surface area contributed by atoms with Crippen molar-refractivity contribution in [1.29, 1.82) is 0 Å². The fraction of sp³-hybridized carbons (Fsp3) is 1.00. The Morgan fingerprint density at radius 2 is 0.511 bits per heavy atom. The minimum absolute atomic E-state index is 0.433. The van der Waals surface area contributed by atoms with E-state index in [2.05, 4.69) is 51.8 Å². The number of hydrogen-bond acceptors (Lipinski definition) is 3. The van der Waals surface area contributed by atoms with Gasteiger partial charge in [0.15, 0.2) is 0 Å². The summed E-state index contributed by atoms with van der Waals surface area (Å²) in [6.45, 7) is 6.90.